The van der Waals surface area contributed by atoms with Crippen molar-refractivity contribution in [2.24, 2.45) is 0 Å². The van der Waals surface area contributed by atoms with Gasteiger partial charge >= 0.3 is 0 Å². The summed E-state index contributed by atoms with van der Waals surface area (Å²) < 4.78 is 7.14. The lowest BCUT2D eigenvalue weighted by Gasteiger charge is -2.07. The van der Waals surface area contributed by atoms with E-state index in [4.69, 9.17) is 4.74 Å². The molecule has 1 N–H and O–H groups in total. The van der Waals surface area contributed by atoms with Crippen molar-refractivity contribution in [2.75, 3.05) is 19.5 Å². The summed E-state index contributed by atoms with van der Waals surface area (Å²) in [5, 5.41) is 13.0. The lowest BCUT2D eigenvalue weighted by atomic mass is 10.2. The molecule has 4 rings (SSSR count). The Morgan fingerprint density at radius 1 is 1.27 bits per heavy atom. The fourth-order valence-corrected chi connectivity index (χ4v) is 3.90. The maximum absolute atomic E-state index is 13.0. The van der Waals surface area contributed by atoms with Crippen LogP contribution in [0.1, 0.15) is 5.56 Å². The van der Waals surface area contributed by atoms with Crippen LogP contribution < -0.4 is 15.6 Å². The van der Waals surface area contributed by atoms with Gasteiger partial charge in [-0.2, -0.15) is 5.26 Å². The molecule has 0 aliphatic rings. The Hall–Kier alpha value is -3.44. The fraction of sp³-hybridized carbons (Fsp3) is 0.111. The van der Waals surface area contributed by atoms with Gasteiger partial charge in [-0.15, -0.1) is 11.3 Å². The average Bonchev–Trinajstić information content (AvgIpc) is 3.07. The Bertz CT molecular complexity index is 1240. The van der Waals surface area contributed by atoms with Gasteiger partial charge in [-0.25, -0.2) is 9.97 Å². The van der Waals surface area contributed by atoms with Gasteiger partial charge in [0.05, 0.1) is 29.4 Å². The van der Waals surface area contributed by atoms with Gasteiger partial charge in [-0.3, -0.25) is 9.36 Å². The van der Waals surface area contributed by atoms with Gasteiger partial charge < -0.3 is 10.1 Å². The molecule has 0 aliphatic heterocycles. The lowest BCUT2D eigenvalue weighted by molar-refractivity contribution is 0.414. The summed E-state index contributed by atoms with van der Waals surface area (Å²) in [6.07, 6.45) is 3.00. The molecule has 0 fully saturated rings. The van der Waals surface area contributed by atoms with Gasteiger partial charge in [0.1, 0.15) is 33.2 Å². The van der Waals surface area contributed by atoms with Crippen LogP contribution in [0.5, 0.6) is 5.75 Å². The van der Waals surface area contributed by atoms with Gasteiger partial charge in [-0.1, -0.05) is 0 Å². The zero-order valence-electron chi connectivity index (χ0n) is 14.0. The number of hydrogen-bond donors (Lipinski definition) is 1. The largest absolute Gasteiger partial charge is 0.497 e. The van der Waals surface area contributed by atoms with E-state index in [0.29, 0.717) is 43.1 Å². The average molecular weight is 363 g/mol. The summed E-state index contributed by atoms with van der Waals surface area (Å²) in [5.41, 5.74) is 2.12. The van der Waals surface area contributed by atoms with Crippen molar-refractivity contribution in [3.05, 3.63) is 52.7 Å². The summed E-state index contributed by atoms with van der Waals surface area (Å²) in [4.78, 5) is 22.5. The number of aromatic nitrogens is 3. The number of nitrogens with one attached hydrogen (secondary N) is 1. The van der Waals surface area contributed by atoms with E-state index in [-0.39, 0.29) is 5.56 Å². The smallest absolute Gasteiger partial charge is 0.275 e. The highest BCUT2D eigenvalue weighted by molar-refractivity contribution is 7.25. The lowest BCUT2D eigenvalue weighted by Crippen LogP contribution is -2.17. The maximum Gasteiger partial charge on any atom is 0.275 e. The minimum atomic E-state index is -0.177. The molecule has 0 atom stereocenters. The third-order valence-electron chi connectivity index (χ3n) is 4.13. The van der Waals surface area contributed by atoms with Crippen LogP contribution in [0.2, 0.25) is 0 Å². The number of methoxy groups -OCH3 is 1. The zero-order valence-corrected chi connectivity index (χ0v) is 14.8. The number of fused-ring (bicyclic) bond motifs is 3. The summed E-state index contributed by atoms with van der Waals surface area (Å²) in [7, 11) is 3.32. The van der Waals surface area contributed by atoms with Gasteiger partial charge in [-0.05, 0) is 24.3 Å². The first-order valence-electron chi connectivity index (χ1n) is 7.73. The number of benzene rings is 1. The molecular formula is C18H13N5O2S. The molecule has 7 nitrogen and oxygen atoms in total. The van der Waals surface area contributed by atoms with Crippen LogP contribution in [0.3, 0.4) is 0 Å². The van der Waals surface area contributed by atoms with Crippen LogP contribution in [0.25, 0.3) is 26.1 Å². The topological polar surface area (TPSA) is 92.8 Å². The van der Waals surface area contributed by atoms with E-state index in [9.17, 15) is 10.1 Å². The van der Waals surface area contributed by atoms with E-state index >= 15 is 0 Å². The van der Waals surface area contributed by atoms with Crippen LogP contribution in [0, 0.1) is 11.3 Å². The van der Waals surface area contributed by atoms with E-state index in [1.54, 1.807) is 38.4 Å². The number of anilines is 1. The maximum atomic E-state index is 13.0. The Balaban J connectivity index is 2.00. The molecule has 3 heterocycles. The molecule has 1 aromatic carbocycles. The molecule has 0 aliphatic carbocycles. The molecule has 0 spiro atoms. The highest BCUT2D eigenvalue weighted by Crippen LogP contribution is 2.35. The van der Waals surface area contributed by atoms with Crippen LogP contribution in [0.4, 0.5) is 5.69 Å². The van der Waals surface area contributed by atoms with Crippen molar-refractivity contribution in [1.29, 1.82) is 5.26 Å². The molecule has 26 heavy (non-hydrogen) atoms. The summed E-state index contributed by atoms with van der Waals surface area (Å²) in [6.45, 7) is 0. The number of thiophene rings is 1. The number of pyridine rings is 1. The second-order valence-corrected chi connectivity index (χ2v) is 6.49. The van der Waals surface area contributed by atoms with Crippen molar-refractivity contribution < 1.29 is 4.74 Å². The number of nitriles is 1. The zero-order chi connectivity index (χ0) is 18.3. The summed E-state index contributed by atoms with van der Waals surface area (Å²) in [5.74, 6) is 0.713. The van der Waals surface area contributed by atoms with E-state index in [1.165, 1.54) is 28.4 Å². The molecule has 0 amide bonds. The van der Waals surface area contributed by atoms with Crippen molar-refractivity contribution in [3.8, 4) is 17.5 Å². The van der Waals surface area contributed by atoms with Crippen LogP contribution >= 0.6 is 11.3 Å². The number of ether oxygens (including phenoxy) is 1. The molecule has 0 saturated carbocycles. The van der Waals surface area contributed by atoms with Gasteiger partial charge in [0, 0.05) is 13.2 Å². The van der Waals surface area contributed by atoms with Crippen molar-refractivity contribution in [3.63, 3.8) is 0 Å². The fourth-order valence-electron chi connectivity index (χ4n) is 2.87. The Morgan fingerprint density at radius 3 is 2.69 bits per heavy atom. The minimum absolute atomic E-state index is 0.177. The Kier molecular flexibility index (Phi) is 3.78. The van der Waals surface area contributed by atoms with Gasteiger partial charge in [0.25, 0.3) is 5.56 Å². The normalized spacial score (nSPS) is 10.8. The Labute approximate surface area is 152 Å². The van der Waals surface area contributed by atoms with Gasteiger partial charge in [0.2, 0.25) is 0 Å². The summed E-state index contributed by atoms with van der Waals surface area (Å²) in [6, 6.07) is 9.28. The first kappa shape index (κ1) is 16.1. The van der Waals surface area contributed by atoms with Crippen LogP contribution in [-0.2, 0) is 0 Å². The molecule has 0 unspecified atom stereocenters. The Morgan fingerprint density at radius 2 is 2.04 bits per heavy atom. The first-order valence-corrected chi connectivity index (χ1v) is 8.54. The molecule has 8 heteroatoms. The van der Waals surface area contributed by atoms with Crippen molar-refractivity contribution in [1.82, 2.24) is 14.5 Å². The number of hydrogen-bond acceptors (Lipinski definition) is 7. The number of rotatable bonds is 3. The molecule has 128 valence electrons. The van der Waals surface area contributed by atoms with E-state index in [0.717, 1.165) is 0 Å². The van der Waals surface area contributed by atoms with E-state index in [1.807, 2.05) is 0 Å². The van der Waals surface area contributed by atoms with E-state index < -0.39 is 0 Å². The second kappa shape index (κ2) is 6.13. The third-order valence-corrected chi connectivity index (χ3v) is 5.21. The summed E-state index contributed by atoms with van der Waals surface area (Å²) >= 11 is 1.27. The van der Waals surface area contributed by atoms with Crippen molar-refractivity contribution in [2.45, 2.75) is 0 Å². The quantitative estimate of drug-likeness (QED) is 0.602. The van der Waals surface area contributed by atoms with Crippen LogP contribution in [0.15, 0.2) is 41.6 Å². The highest BCUT2D eigenvalue weighted by atomic mass is 32.1. The van der Waals surface area contributed by atoms with Gasteiger partial charge in [0.15, 0.2) is 0 Å². The standard InChI is InChI=1S/C18H13N5O2S/c1-20-14-10(7-19)8-21-17-13(14)15-16(26-17)18(24)23(9-22-15)11-3-5-12(25-2)6-4-11/h3-6,8-9H,1-2H3,(H,20,21). The van der Waals surface area contributed by atoms with E-state index in [2.05, 4.69) is 21.4 Å². The second-order valence-electron chi connectivity index (χ2n) is 5.49. The highest BCUT2D eigenvalue weighted by Gasteiger charge is 2.18. The number of nitrogens with zero attached hydrogens (tertiary/aromatic N) is 4. The first-order chi connectivity index (χ1) is 12.7. The third kappa shape index (κ3) is 2.29. The molecule has 0 saturated heterocycles. The molecule has 3 aromatic heterocycles. The molecule has 0 bridgehead atoms. The minimum Gasteiger partial charge on any atom is -0.497 e. The predicted molar refractivity (Wildman–Crippen MR) is 101 cm³/mol. The predicted octanol–water partition coefficient (Wildman–Crippen LogP) is 2.92. The SMILES string of the molecule is CNc1c(C#N)cnc2sc3c(=O)n(-c4ccc(OC)cc4)cnc3c12. The molecule has 0 radical (unpaired) electrons. The van der Waals surface area contributed by atoms with Crippen molar-refractivity contribution >= 4 is 37.5 Å². The molecular weight excluding hydrogens is 350 g/mol. The monoisotopic (exact) mass is 363 g/mol. The van der Waals surface area contributed by atoms with Crippen LogP contribution in [-0.4, -0.2) is 28.7 Å². The molecule has 4 aromatic rings.